The zero-order valence-electron chi connectivity index (χ0n) is 18.0. The first-order chi connectivity index (χ1) is 15.4. The fourth-order valence-electron chi connectivity index (χ4n) is 2.94. The van der Waals surface area contributed by atoms with Crippen LogP contribution in [0.15, 0.2) is 48.5 Å². The van der Waals surface area contributed by atoms with Crippen LogP contribution in [0.1, 0.15) is 16.6 Å². The van der Waals surface area contributed by atoms with E-state index >= 15 is 0 Å². The Bertz CT molecular complexity index is 1100. The summed E-state index contributed by atoms with van der Waals surface area (Å²) in [5.41, 5.74) is 2.30. The molecule has 0 aliphatic rings. The van der Waals surface area contributed by atoms with Gasteiger partial charge in [-0.1, -0.05) is 23.7 Å². The van der Waals surface area contributed by atoms with E-state index in [9.17, 15) is 9.59 Å². The third kappa shape index (κ3) is 5.93. The smallest absolute Gasteiger partial charge is 0.267 e. The molecular formula is C23H24ClN3O4S. The second-order valence-corrected chi connectivity index (χ2v) is 8.25. The van der Waals surface area contributed by atoms with Gasteiger partial charge in [0.05, 0.1) is 19.3 Å². The summed E-state index contributed by atoms with van der Waals surface area (Å²) in [5, 5.41) is 9.31. The van der Waals surface area contributed by atoms with Crippen molar-refractivity contribution in [3.63, 3.8) is 0 Å². The summed E-state index contributed by atoms with van der Waals surface area (Å²) in [6.07, 6.45) is 0. The van der Waals surface area contributed by atoms with Crippen LogP contribution in [-0.2, 0) is 4.79 Å². The molecule has 32 heavy (non-hydrogen) atoms. The molecule has 0 fully saturated rings. The van der Waals surface area contributed by atoms with E-state index in [1.54, 1.807) is 25.2 Å². The van der Waals surface area contributed by atoms with Crippen molar-refractivity contribution < 1.29 is 19.1 Å². The number of hydrogen-bond acceptors (Lipinski definition) is 6. The van der Waals surface area contributed by atoms with Gasteiger partial charge in [0.1, 0.15) is 11.5 Å². The topological polar surface area (TPSA) is 88.7 Å². The molecule has 0 bridgehead atoms. The summed E-state index contributed by atoms with van der Waals surface area (Å²) < 4.78 is 11.0. The summed E-state index contributed by atoms with van der Waals surface area (Å²) in [5.74, 6) is 0.647. The van der Waals surface area contributed by atoms with Crippen LogP contribution < -0.4 is 25.4 Å². The number of thiophene rings is 1. The van der Waals surface area contributed by atoms with E-state index in [4.69, 9.17) is 21.1 Å². The first-order valence-corrected chi connectivity index (χ1v) is 11.0. The number of nitrogens with one attached hydrogen (secondary N) is 3. The maximum atomic E-state index is 13.0. The predicted molar refractivity (Wildman–Crippen MR) is 129 cm³/mol. The summed E-state index contributed by atoms with van der Waals surface area (Å²) in [6, 6.07) is 14.6. The molecule has 3 N–H and O–H groups in total. The number of carbonyl (C=O) groups is 2. The highest BCUT2D eigenvalue weighted by molar-refractivity contribution is 7.18. The van der Waals surface area contributed by atoms with Crippen LogP contribution >= 0.6 is 22.9 Å². The largest absolute Gasteiger partial charge is 0.493 e. The number of rotatable bonds is 9. The first kappa shape index (κ1) is 23.4. The SMILES string of the molecule is CNc1cc(-c2ccc(Cl)cc2)sc1C(=O)Nc1ccc(OCCNC(C)=O)c(OC)c1. The van der Waals surface area contributed by atoms with Crippen molar-refractivity contribution in [1.82, 2.24) is 5.32 Å². The number of benzene rings is 2. The van der Waals surface area contributed by atoms with E-state index < -0.39 is 0 Å². The van der Waals surface area contributed by atoms with Gasteiger partial charge >= 0.3 is 0 Å². The quantitative estimate of drug-likeness (QED) is 0.385. The Labute approximate surface area is 195 Å². The van der Waals surface area contributed by atoms with E-state index in [0.717, 1.165) is 16.1 Å². The molecular weight excluding hydrogens is 450 g/mol. The van der Waals surface area contributed by atoms with Crippen molar-refractivity contribution >= 4 is 46.1 Å². The maximum absolute atomic E-state index is 13.0. The minimum absolute atomic E-state index is 0.118. The lowest BCUT2D eigenvalue weighted by Crippen LogP contribution is -2.25. The molecule has 0 saturated heterocycles. The molecule has 0 spiro atoms. The van der Waals surface area contributed by atoms with Crippen molar-refractivity contribution in [2.45, 2.75) is 6.92 Å². The molecule has 0 atom stereocenters. The Balaban J connectivity index is 1.73. The van der Waals surface area contributed by atoms with Crippen LogP contribution in [0, 0.1) is 0 Å². The molecule has 0 saturated carbocycles. The number of hydrogen-bond donors (Lipinski definition) is 3. The maximum Gasteiger partial charge on any atom is 0.267 e. The van der Waals surface area contributed by atoms with Crippen molar-refractivity contribution in [3.8, 4) is 21.9 Å². The Kier molecular flexibility index (Phi) is 7.97. The predicted octanol–water partition coefficient (Wildman–Crippen LogP) is 4.89. The zero-order valence-corrected chi connectivity index (χ0v) is 19.5. The van der Waals surface area contributed by atoms with Crippen LogP contribution in [0.5, 0.6) is 11.5 Å². The molecule has 7 nitrogen and oxygen atoms in total. The van der Waals surface area contributed by atoms with Crippen LogP contribution in [0.4, 0.5) is 11.4 Å². The molecule has 2 aromatic carbocycles. The lowest BCUT2D eigenvalue weighted by Gasteiger charge is -2.13. The lowest BCUT2D eigenvalue weighted by atomic mass is 10.2. The molecule has 3 aromatic rings. The zero-order chi connectivity index (χ0) is 23.1. The van der Waals surface area contributed by atoms with Gasteiger partial charge in [-0.2, -0.15) is 0 Å². The van der Waals surface area contributed by atoms with Crippen molar-refractivity contribution in [2.24, 2.45) is 0 Å². The number of anilines is 2. The standard InChI is InChI=1S/C23H24ClN3O4S/c1-14(28)26-10-11-31-19-9-8-17(12-20(19)30-3)27-23(29)22-18(25-2)13-21(32-22)15-4-6-16(24)7-5-15/h4-9,12-13,25H,10-11H2,1-3H3,(H,26,28)(H,27,29). The highest BCUT2D eigenvalue weighted by Gasteiger charge is 2.18. The van der Waals surface area contributed by atoms with Gasteiger partial charge in [-0.3, -0.25) is 9.59 Å². The fraction of sp³-hybridized carbons (Fsp3) is 0.217. The number of ether oxygens (including phenoxy) is 2. The lowest BCUT2D eigenvalue weighted by molar-refractivity contribution is -0.119. The van der Waals surface area contributed by atoms with Gasteiger partial charge in [0.25, 0.3) is 5.91 Å². The van der Waals surface area contributed by atoms with E-state index in [2.05, 4.69) is 16.0 Å². The Morgan fingerprint density at radius 1 is 1.06 bits per heavy atom. The van der Waals surface area contributed by atoms with E-state index in [1.165, 1.54) is 25.4 Å². The van der Waals surface area contributed by atoms with E-state index in [-0.39, 0.29) is 11.8 Å². The Morgan fingerprint density at radius 3 is 2.47 bits per heavy atom. The number of amides is 2. The first-order valence-electron chi connectivity index (χ1n) is 9.85. The Hall–Kier alpha value is -3.23. The number of methoxy groups -OCH3 is 1. The number of halogens is 1. The van der Waals surface area contributed by atoms with Gasteiger partial charge < -0.3 is 25.4 Å². The summed E-state index contributed by atoms with van der Waals surface area (Å²) >= 11 is 7.37. The second-order valence-electron chi connectivity index (χ2n) is 6.76. The number of carbonyl (C=O) groups excluding carboxylic acids is 2. The molecule has 3 rings (SSSR count). The molecule has 1 heterocycles. The van der Waals surface area contributed by atoms with Crippen molar-refractivity contribution in [3.05, 3.63) is 58.4 Å². The van der Waals surface area contributed by atoms with Crippen LogP contribution in [0.25, 0.3) is 10.4 Å². The highest BCUT2D eigenvalue weighted by Crippen LogP contribution is 2.36. The molecule has 2 amide bonds. The normalized spacial score (nSPS) is 10.4. The fourth-order valence-corrected chi connectivity index (χ4v) is 4.13. The van der Waals surface area contributed by atoms with Crippen LogP contribution in [0.3, 0.4) is 0 Å². The van der Waals surface area contributed by atoms with Crippen molar-refractivity contribution in [2.75, 3.05) is 37.9 Å². The molecule has 0 aliphatic heterocycles. The van der Waals surface area contributed by atoms with Gasteiger partial charge in [0, 0.05) is 35.6 Å². The van der Waals surface area contributed by atoms with E-state index in [0.29, 0.717) is 40.2 Å². The molecule has 9 heteroatoms. The summed E-state index contributed by atoms with van der Waals surface area (Å²) in [4.78, 5) is 25.4. The minimum Gasteiger partial charge on any atom is -0.493 e. The third-order valence-corrected chi connectivity index (χ3v) is 5.93. The molecule has 168 valence electrons. The monoisotopic (exact) mass is 473 g/mol. The highest BCUT2D eigenvalue weighted by atomic mass is 35.5. The third-order valence-electron chi connectivity index (χ3n) is 4.49. The van der Waals surface area contributed by atoms with Gasteiger partial charge in [0.15, 0.2) is 11.5 Å². The average molecular weight is 474 g/mol. The van der Waals surface area contributed by atoms with Crippen molar-refractivity contribution in [1.29, 1.82) is 0 Å². The Morgan fingerprint density at radius 2 is 1.81 bits per heavy atom. The van der Waals surface area contributed by atoms with Gasteiger partial charge in [0.2, 0.25) is 5.91 Å². The minimum atomic E-state index is -0.235. The molecule has 0 unspecified atom stereocenters. The molecule has 1 aromatic heterocycles. The van der Waals surface area contributed by atoms with E-state index in [1.807, 2.05) is 30.3 Å². The second kappa shape index (κ2) is 10.9. The van der Waals surface area contributed by atoms with Gasteiger partial charge in [-0.05, 0) is 35.9 Å². The molecule has 0 aliphatic carbocycles. The van der Waals surface area contributed by atoms with Crippen LogP contribution in [0.2, 0.25) is 5.02 Å². The van der Waals surface area contributed by atoms with Crippen LogP contribution in [-0.4, -0.2) is 39.1 Å². The van der Waals surface area contributed by atoms with Gasteiger partial charge in [-0.25, -0.2) is 0 Å². The van der Waals surface area contributed by atoms with Gasteiger partial charge in [-0.15, -0.1) is 11.3 Å². The summed E-state index contributed by atoms with van der Waals surface area (Å²) in [6.45, 7) is 2.14. The molecule has 0 radical (unpaired) electrons. The average Bonchev–Trinajstić information content (AvgIpc) is 3.22. The summed E-state index contributed by atoms with van der Waals surface area (Å²) in [7, 11) is 3.30.